The van der Waals surface area contributed by atoms with Crippen LogP contribution in [0.5, 0.6) is 0 Å². The van der Waals surface area contributed by atoms with Crippen molar-refractivity contribution in [3.05, 3.63) is 88.9 Å². The number of carbonyl (C=O) groups is 1. The molecule has 0 saturated heterocycles. The van der Waals surface area contributed by atoms with Crippen LogP contribution in [0.3, 0.4) is 0 Å². The quantitative estimate of drug-likeness (QED) is 0.360. The fraction of sp³-hybridized carbons (Fsp3) is 0.240. The predicted molar refractivity (Wildman–Crippen MR) is 130 cm³/mol. The highest BCUT2D eigenvalue weighted by molar-refractivity contribution is 8.00. The summed E-state index contributed by atoms with van der Waals surface area (Å²) in [6.45, 7) is 2.14. The van der Waals surface area contributed by atoms with Crippen molar-refractivity contribution in [2.75, 3.05) is 11.1 Å². The Hall–Kier alpha value is -1.88. The van der Waals surface area contributed by atoms with E-state index in [2.05, 4.69) is 48.6 Å². The van der Waals surface area contributed by atoms with Crippen molar-refractivity contribution in [1.29, 1.82) is 0 Å². The zero-order valence-corrected chi connectivity index (χ0v) is 19.2. The average molecular weight is 454 g/mol. The van der Waals surface area contributed by atoms with Gasteiger partial charge >= 0.3 is 0 Å². The van der Waals surface area contributed by atoms with Crippen LogP contribution in [0, 0.1) is 0 Å². The van der Waals surface area contributed by atoms with Crippen molar-refractivity contribution in [3.8, 4) is 0 Å². The summed E-state index contributed by atoms with van der Waals surface area (Å²) in [4.78, 5) is 14.9. The van der Waals surface area contributed by atoms with Crippen molar-refractivity contribution in [1.82, 2.24) is 0 Å². The van der Waals surface area contributed by atoms with Gasteiger partial charge in [0.1, 0.15) is 0 Å². The summed E-state index contributed by atoms with van der Waals surface area (Å²) in [7, 11) is 0. The van der Waals surface area contributed by atoms with Crippen LogP contribution in [0.2, 0.25) is 5.02 Å². The van der Waals surface area contributed by atoms with Gasteiger partial charge in [-0.3, -0.25) is 4.79 Å². The molecule has 0 heterocycles. The van der Waals surface area contributed by atoms with Gasteiger partial charge in [-0.25, -0.2) is 0 Å². The molecule has 1 fully saturated rings. The molecule has 0 spiro atoms. The summed E-state index contributed by atoms with van der Waals surface area (Å²) in [5, 5.41) is 3.78. The molecule has 0 unspecified atom stereocenters. The molecule has 1 N–H and O–H groups in total. The molecule has 0 aliphatic heterocycles. The molecule has 0 radical (unpaired) electrons. The summed E-state index contributed by atoms with van der Waals surface area (Å²) in [6, 6.07) is 24.6. The molecule has 0 aromatic heterocycles. The van der Waals surface area contributed by atoms with Crippen LogP contribution in [0.25, 0.3) is 0 Å². The van der Waals surface area contributed by atoms with Gasteiger partial charge in [0.2, 0.25) is 5.91 Å². The summed E-state index contributed by atoms with van der Waals surface area (Å²) in [5.41, 5.74) is 3.18. The van der Waals surface area contributed by atoms with Crippen molar-refractivity contribution in [3.63, 3.8) is 0 Å². The van der Waals surface area contributed by atoms with E-state index in [0.717, 1.165) is 34.9 Å². The van der Waals surface area contributed by atoms with Crippen LogP contribution < -0.4 is 5.32 Å². The third kappa shape index (κ3) is 5.42. The van der Waals surface area contributed by atoms with E-state index in [0.29, 0.717) is 6.42 Å². The minimum Gasteiger partial charge on any atom is -0.326 e. The van der Waals surface area contributed by atoms with Crippen LogP contribution >= 0.6 is 35.1 Å². The molecule has 3 aromatic rings. The first kappa shape index (κ1) is 21.4. The van der Waals surface area contributed by atoms with E-state index in [1.807, 2.05) is 48.2 Å². The van der Waals surface area contributed by atoms with E-state index in [-0.39, 0.29) is 10.7 Å². The standard InChI is InChI=1S/C25H24ClNOS2/c1-2-29-22-11-3-18(4-12-22)17-24(28)27-21-9-5-19(6-10-21)25(15-16-25)30-23-13-7-20(26)8-14-23/h3-14H,2,15-17H2,1H3,(H,27,28). The third-order valence-electron chi connectivity index (χ3n) is 5.12. The maximum atomic E-state index is 12.4. The highest BCUT2D eigenvalue weighted by Gasteiger charge is 2.45. The van der Waals surface area contributed by atoms with Crippen molar-refractivity contribution < 1.29 is 4.79 Å². The Kier molecular flexibility index (Phi) is 6.77. The van der Waals surface area contributed by atoms with Crippen LogP contribution in [0.15, 0.2) is 82.6 Å². The van der Waals surface area contributed by atoms with Crippen molar-refractivity contribution in [2.24, 2.45) is 0 Å². The summed E-state index contributed by atoms with van der Waals surface area (Å²) in [5.74, 6) is 1.06. The molecule has 2 nitrogen and oxygen atoms in total. The second kappa shape index (κ2) is 9.51. The Morgan fingerprint density at radius 1 is 0.933 bits per heavy atom. The lowest BCUT2D eigenvalue weighted by Gasteiger charge is -2.16. The molecule has 4 rings (SSSR count). The van der Waals surface area contributed by atoms with E-state index < -0.39 is 0 Å². The molecule has 1 amide bonds. The van der Waals surface area contributed by atoms with E-state index in [1.54, 1.807) is 11.8 Å². The lowest BCUT2D eigenvalue weighted by atomic mass is 10.1. The molecule has 30 heavy (non-hydrogen) atoms. The highest BCUT2D eigenvalue weighted by atomic mass is 35.5. The van der Waals surface area contributed by atoms with Crippen LogP contribution in [-0.4, -0.2) is 11.7 Å². The van der Waals surface area contributed by atoms with E-state index in [1.165, 1.54) is 15.4 Å². The fourth-order valence-corrected chi connectivity index (χ4v) is 5.48. The Morgan fingerprint density at radius 3 is 2.17 bits per heavy atom. The molecule has 0 atom stereocenters. The normalized spacial score (nSPS) is 14.3. The first-order valence-corrected chi connectivity index (χ1v) is 12.3. The van der Waals surface area contributed by atoms with Gasteiger partial charge in [0.25, 0.3) is 0 Å². The van der Waals surface area contributed by atoms with E-state index in [4.69, 9.17) is 11.6 Å². The van der Waals surface area contributed by atoms with Crippen molar-refractivity contribution >= 4 is 46.7 Å². The van der Waals surface area contributed by atoms with Gasteiger partial charge < -0.3 is 5.32 Å². The molecule has 0 bridgehead atoms. The zero-order valence-electron chi connectivity index (χ0n) is 16.9. The van der Waals surface area contributed by atoms with Crippen LogP contribution in [0.1, 0.15) is 30.9 Å². The second-order valence-corrected chi connectivity index (χ2v) is 10.7. The number of amides is 1. The predicted octanol–water partition coefficient (Wildman–Crippen LogP) is 7.41. The number of thioether (sulfide) groups is 2. The van der Waals surface area contributed by atoms with Gasteiger partial charge in [-0.15, -0.1) is 23.5 Å². The van der Waals surface area contributed by atoms with Gasteiger partial charge in [0.15, 0.2) is 0 Å². The average Bonchev–Trinajstić information content (AvgIpc) is 3.52. The second-order valence-electron chi connectivity index (χ2n) is 7.43. The lowest BCUT2D eigenvalue weighted by molar-refractivity contribution is -0.115. The number of nitrogens with one attached hydrogen (secondary N) is 1. The Bertz CT molecular complexity index is 997. The number of halogens is 1. The first-order chi connectivity index (χ1) is 14.6. The molecule has 1 aliphatic rings. The smallest absolute Gasteiger partial charge is 0.228 e. The maximum Gasteiger partial charge on any atom is 0.228 e. The number of anilines is 1. The largest absolute Gasteiger partial charge is 0.326 e. The van der Waals surface area contributed by atoms with Crippen molar-refractivity contribution in [2.45, 2.75) is 40.7 Å². The molecule has 1 aliphatic carbocycles. The Balaban J connectivity index is 1.35. The molecule has 5 heteroatoms. The molecular weight excluding hydrogens is 430 g/mol. The molecule has 154 valence electrons. The summed E-state index contributed by atoms with van der Waals surface area (Å²) >= 11 is 9.70. The number of hydrogen-bond acceptors (Lipinski definition) is 3. The van der Waals surface area contributed by atoms with Gasteiger partial charge in [0, 0.05) is 25.2 Å². The monoisotopic (exact) mass is 453 g/mol. The van der Waals surface area contributed by atoms with E-state index in [9.17, 15) is 4.79 Å². The molecular formula is C25H24ClNOS2. The third-order valence-corrected chi connectivity index (χ3v) is 7.81. The molecule has 3 aromatic carbocycles. The van der Waals surface area contributed by atoms with Crippen LogP contribution in [0.4, 0.5) is 5.69 Å². The SMILES string of the molecule is CCSc1ccc(CC(=O)Nc2ccc(C3(Sc4ccc(Cl)cc4)CC3)cc2)cc1. The van der Waals surface area contributed by atoms with Crippen LogP contribution in [-0.2, 0) is 16.0 Å². The highest BCUT2D eigenvalue weighted by Crippen LogP contribution is 2.59. The Morgan fingerprint density at radius 2 is 1.57 bits per heavy atom. The minimum absolute atomic E-state index is 0.00955. The number of rotatable bonds is 8. The number of benzene rings is 3. The summed E-state index contributed by atoms with van der Waals surface area (Å²) in [6.07, 6.45) is 2.71. The lowest BCUT2D eigenvalue weighted by Crippen LogP contribution is -2.14. The topological polar surface area (TPSA) is 29.1 Å². The first-order valence-electron chi connectivity index (χ1n) is 10.1. The fourth-order valence-electron chi connectivity index (χ4n) is 3.41. The van der Waals surface area contributed by atoms with Gasteiger partial charge in [-0.2, -0.15) is 0 Å². The zero-order chi connectivity index (χ0) is 21.0. The van der Waals surface area contributed by atoms with Gasteiger partial charge in [-0.1, -0.05) is 42.8 Å². The summed E-state index contributed by atoms with van der Waals surface area (Å²) < 4.78 is 0.147. The molecule has 1 saturated carbocycles. The maximum absolute atomic E-state index is 12.4. The number of hydrogen-bond donors (Lipinski definition) is 1. The Labute approximate surface area is 191 Å². The van der Waals surface area contributed by atoms with Gasteiger partial charge in [-0.05, 0) is 78.3 Å². The minimum atomic E-state index is 0.00955. The van der Waals surface area contributed by atoms with Gasteiger partial charge in [0.05, 0.1) is 6.42 Å². The van der Waals surface area contributed by atoms with E-state index >= 15 is 0 Å². The number of carbonyl (C=O) groups excluding carboxylic acids is 1.